The number of hydrogen-bond donors (Lipinski definition) is 2. The largest absolute Gasteiger partial charge is 0.384 e. The number of sulfonamides is 1. The minimum Gasteiger partial charge on any atom is -0.384 e. The number of aromatic nitrogens is 1. The lowest BCUT2D eigenvalue weighted by molar-refractivity contribution is 0.601. The van der Waals surface area contributed by atoms with E-state index in [-0.39, 0.29) is 4.90 Å². The third-order valence-electron chi connectivity index (χ3n) is 3.20. The van der Waals surface area contributed by atoms with E-state index in [1.54, 1.807) is 18.3 Å². The van der Waals surface area contributed by atoms with E-state index < -0.39 is 10.0 Å². The lowest BCUT2D eigenvalue weighted by Crippen LogP contribution is -2.16. The van der Waals surface area contributed by atoms with Crippen LogP contribution in [0.1, 0.15) is 18.1 Å². The Morgan fingerprint density at radius 1 is 1.14 bits per heavy atom. The molecule has 5 nitrogen and oxygen atoms in total. The van der Waals surface area contributed by atoms with Gasteiger partial charge in [-0.05, 0) is 50.1 Å². The highest BCUT2D eigenvalue weighted by atomic mass is 32.2. The van der Waals surface area contributed by atoms with Gasteiger partial charge in [0.2, 0.25) is 0 Å². The first-order chi connectivity index (χ1) is 9.94. The van der Waals surface area contributed by atoms with Crippen molar-refractivity contribution in [1.82, 2.24) is 4.98 Å². The normalized spacial score (nSPS) is 11.2. The molecule has 0 unspecified atom stereocenters. The van der Waals surface area contributed by atoms with Crippen LogP contribution in [0.5, 0.6) is 0 Å². The maximum atomic E-state index is 12.5. The molecule has 2 rings (SSSR count). The summed E-state index contributed by atoms with van der Waals surface area (Å²) in [5, 5.41) is 3.03. The van der Waals surface area contributed by atoms with Gasteiger partial charge in [-0.3, -0.25) is 9.71 Å². The van der Waals surface area contributed by atoms with Gasteiger partial charge in [0.1, 0.15) is 4.90 Å². The molecule has 0 aliphatic heterocycles. The number of rotatable bonds is 5. The second-order valence-corrected chi connectivity index (χ2v) is 6.46. The van der Waals surface area contributed by atoms with Gasteiger partial charge in [0, 0.05) is 24.6 Å². The Hall–Kier alpha value is -2.08. The van der Waals surface area contributed by atoms with Gasteiger partial charge in [-0.1, -0.05) is 6.07 Å². The molecule has 6 heteroatoms. The molecule has 0 saturated heterocycles. The molecule has 0 amide bonds. The molecule has 0 aliphatic rings. The van der Waals surface area contributed by atoms with Crippen LogP contribution >= 0.6 is 0 Å². The van der Waals surface area contributed by atoms with Gasteiger partial charge in [0.25, 0.3) is 10.0 Å². The van der Waals surface area contributed by atoms with Crippen LogP contribution in [0.4, 0.5) is 11.4 Å². The third-order valence-corrected chi connectivity index (χ3v) is 4.61. The second kappa shape index (κ2) is 6.13. The number of nitrogens with one attached hydrogen (secondary N) is 2. The van der Waals surface area contributed by atoms with Gasteiger partial charge in [-0.25, -0.2) is 8.42 Å². The van der Waals surface area contributed by atoms with Gasteiger partial charge in [-0.2, -0.15) is 0 Å². The van der Waals surface area contributed by atoms with Crippen molar-refractivity contribution < 1.29 is 8.42 Å². The average Bonchev–Trinajstić information content (AvgIpc) is 2.43. The second-order valence-electron chi connectivity index (χ2n) is 4.81. The summed E-state index contributed by atoms with van der Waals surface area (Å²) in [6.45, 7) is 6.48. The predicted octanol–water partition coefficient (Wildman–Crippen LogP) is 2.93. The molecule has 1 aromatic heterocycles. The zero-order valence-electron chi connectivity index (χ0n) is 12.3. The monoisotopic (exact) mass is 305 g/mol. The van der Waals surface area contributed by atoms with E-state index in [2.05, 4.69) is 15.0 Å². The fraction of sp³-hybridized carbons (Fsp3) is 0.267. The molecule has 1 aromatic carbocycles. The quantitative estimate of drug-likeness (QED) is 0.891. The van der Waals surface area contributed by atoms with Gasteiger partial charge in [0.15, 0.2) is 0 Å². The van der Waals surface area contributed by atoms with Crippen molar-refractivity contribution in [2.45, 2.75) is 25.7 Å². The summed E-state index contributed by atoms with van der Waals surface area (Å²) >= 11 is 0. The van der Waals surface area contributed by atoms with Crippen molar-refractivity contribution in [3.05, 3.63) is 47.8 Å². The molecule has 0 radical (unpaired) electrons. The molecule has 2 N–H and O–H groups in total. The summed E-state index contributed by atoms with van der Waals surface area (Å²) in [5.74, 6) is 0. The van der Waals surface area contributed by atoms with Crippen LogP contribution in [0.3, 0.4) is 0 Å². The van der Waals surface area contributed by atoms with E-state index in [1.165, 1.54) is 6.20 Å². The van der Waals surface area contributed by atoms with E-state index >= 15 is 0 Å². The molecular weight excluding hydrogens is 286 g/mol. The number of pyridine rings is 1. The molecule has 0 bridgehead atoms. The maximum Gasteiger partial charge on any atom is 0.265 e. The first-order valence-corrected chi connectivity index (χ1v) is 8.20. The Labute approximate surface area is 125 Å². The smallest absolute Gasteiger partial charge is 0.265 e. The van der Waals surface area contributed by atoms with Crippen molar-refractivity contribution in [1.29, 1.82) is 0 Å². The van der Waals surface area contributed by atoms with Gasteiger partial charge < -0.3 is 5.32 Å². The van der Waals surface area contributed by atoms with E-state index in [9.17, 15) is 8.42 Å². The topological polar surface area (TPSA) is 71.1 Å². The first-order valence-electron chi connectivity index (χ1n) is 6.72. The maximum absolute atomic E-state index is 12.5. The molecule has 0 saturated carbocycles. The van der Waals surface area contributed by atoms with Crippen LogP contribution in [0, 0.1) is 13.8 Å². The SMILES string of the molecule is CCNc1ccncc1S(=O)(=O)Nc1ccc(C)c(C)c1. The van der Waals surface area contributed by atoms with E-state index in [0.717, 1.165) is 11.1 Å². The van der Waals surface area contributed by atoms with E-state index in [1.807, 2.05) is 32.9 Å². The van der Waals surface area contributed by atoms with E-state index in [0.29, 0.717) is 17.9 Å². The van der Waals surface area contributed by atoms with E-state index in [4.69, 9.17) is 0 Å². The predicted molar refractivity (Wildman–Crippen MR) is 85.1 cm³/mol. The average molecular weight is 305 g/mol. The summed E-state index contributed by atoms with van der Waals surface area (Å²) in [6.07, 6.45) is 2.91. The summed E-state index contributed by atoms with van der Waals surface area (Å²) in [6, 6.07) is 7.11. The summed E-state index contributed by atoms with van der Waals surface area (Å²) in [4.78, 5) is 4.05. The van der Waals surface area contributed by atoms with Gasteiger partial charge >= 0.3 is 0 Å². The Kier molecular flexibility index (Phi) is 4.47. The van der Waals surface area contributed by atoms with Crippen molar-refractivity contribution in [3.8, 4) is 0 Å². The number of hydrogen-bond acceptors (Lipinski definition) is 4. The van der Waals surface area contributed by atoms with Crippen molar-refractivity contribution in [2.75, 3.05) is 16.6 Å². The molecule has 0 spiro atoms. The summed E-state index contributed by atoms with van der Waals surface area (Å²) in [7, 11) is -3.67. The van der Waals surface area contributed by atoms with Crippen LogP contribution in [-0.4, -0.2) is 19.9 Å². The van der Waals surface area contributed by atoms with Crippen LogP contribution in [0.15, 0.2) is 41.6 Å². The zero-order chi connectivity index (χ0) is 15.5. The lowest BCUT2D eigenvalue weighted by Gasteiger charge is -2.13. The molecular formula is C15H19N3O2S. The fourth-order valence-electron chi connectivity index (χ4n) is 1.95. The highest BCUT2D eigenvalue weighted by Gasteiger charge is 2.18. The summed E-state index contributed by atoms with van der Waals surface area (Å²) in [5.41, 5.74) is 3.24. The Balaban J connectivity index is 2.36. The molecule has 0 fully saturated rings. The minimum absolute atomic E-state index is 0.144. The molecule has 0 atom stereocenters. The van der Waals surface area contributed by atoms with Crippen molar-refractivity contribution >= 4 is 21.4 Å². The molecule has 2 aromatic rings. The van der Waals surface area contributed by atoms with Crippen LogP contribution in [0.2, 0.25) is 0 Å². The van der Waals surface area contributed by atoms with Gasteiger partial charge in [0.05, 0.1) is 5.69 Å². The Bertz CT molecular complexity index is 742. The third kappa shape index (κ3) is 3.52. The number of benzene rings is 1. The number of nitrogens with zero attached hydrogens (tertiary/aromatic N) is 1. The van der Waals surface area contributed by atoms with Crippen LogP contribution < -0.4 is 10.0 Å². The molecule has 112 valence electrons. The molecule has 0 aliphatic carbocycles. The van der Waals surface area contributed by atoms with Crippen molar-refractivity contribution in [2.24, 2.45) is 0 Å². The number of aryl methyl sites for hydroxylation is 2. The van der Waals surface area contributed by atoms with Crippen LogP contribution in [0.25, 0.3) is 0 Å². The highest BCUT2D eigenvalue weighted by molar-refractivity contribution is 7.92. The number of anilines is 2. The fourth-order valence-corrected chi connectivity index (χ4v) is 3.12. The van der Waals surface area contributed by atoms with Gasteiger partial charge in [-0.15, -0.1) is 0 Å². The standard InChI is InChI=1S/C15H19N3O2S/c1-4-17-14-7-8-16-10-15(14)21(19,20)18-13-6-5-11(2)12(3)9-13/h5-10,18H,4H2,1-3H3,(H,16,17). The minimum atomic E-state index is -3.67. The Morgan fingerprint density at radius 2 is 1.90 bits per heavy atom. The molecule has 21 heavy (non-hydrogen) atoms. The Morgan fingerprint density at radius 3 is 2.57 bits per heavy atom. The lowest BCUT2D eigenvalue weighted by atomic mass is 10.1. The highest BCUT2D eigenvalue weighted by Crippen LogP contribution is 2.23. The molecule has 1 heterocycles. The zero-order valence-corrected chi connectivity index (χ0v) is 13.2. The van der Waals surface area contributed by atoms with Crippen molar-refractivity contribution in [3.63, 3.8) is 0 Å². The first kappa shape index (κ1) is 15.3. The van der Waals surface area contributed by atoms with Crippen LogP contribution in [-0.2, 0) is 10.0 Å². The summed E-state index contributed by atoms with van der Waals surface area (Å²) < 4.78 is 27.6.